The van der Waals surface area contributed by atoms with Crippen molar-refractivity contribution in [3.05, 3.63) is 39.8 Å². The van der Waals surface area contributed by atoms with Crippen LogP contribution in [0.2, 0.25) is 0 Å². The lowest BCUT2D eigenvalue weighted by Crippen LogP contribution is -2.30. The van der Waals surface area contributed by atoms with Crippen molar-refractivity contribution < 1.29 is 17.9 Å². The third kappa shape index (κ3) is 4.98. The molecule has 1 heterocycles. The van der Waals surface area contributed by atoms with Gasteiger partial charge in [0.1, 0.15) is 5.75 Å². The molecule has 0 atom stereocenters. The Morgan fingerprint density at radius 2 is 1.81 bits per heavy atom. The largest absolute Gasteiger partial charge is 0.491 e. The molecule has 3 nitrogen and oxygen atoms in total. The molecular weight excluding hydrogens is 379 g/mol. The van der Waals surface area contributed by atoms with Gasteiger partial charge < -0.3 is 9.30 Å². The molecule has 0 unspecified atom stereocenters. The smallest absolute Gasteiger partial charge is 0.416 e. The quantitative estimate of drug-likeness (QED) is 0.438. The van der Waals surface area contributed by atoms with E-state index in [-0.39, 0.29) is 16.7 Å². The molecule has 0 aliphatic heterocycles. The zero-order valence-corrected chi connectivity index (χ0v) is 16.8. The summed E-state index contributed by atoms with van der Waals surface area (Å²) in [5.74, 6) is 0.426. The molecule has 0 spiro atoms. The van der Waals surface area contributed by atoms with Gasteiger partial charge in [-0.1, -0.05) is 34.1 Å². The van der Waals surface area contributed by atoms with Gasteiger partial charge in [-0.3, -0.25) is 4.79 Å². The Balaban J connectivity index is 2.81. The second-order valence-corrected chi connectivity index (χ2v) is 8.09. The monoisotopic (exact) mass is 403 g/mol. The molecule has 0 fully saturated rings. The van der Waals surface area contributed by atoms with E-state index in [0.29, 0.717) is 30.0 Å². The second-order valence-electron chi connectivity index (χ2n) is 7.82. The number of halogens is 4. The van der Waals surface area contributed by atoms with Crippen LogP contribution in [0.25, 0.3) is 10.8 Å². The summed E-state index contributed by atoms with van der Waals surface area (Å²) in [7, 11) is 0. The number of pyridine rings is 1. The zero-order chi connectivity index (χ0) is 20.4. The van der Waals surface area contributed by atoms with Crippen molar-refractivity contribution in [2.24, 2.45) is 5.41 Å². The van der Waals surface area contributed by atoms with E-state index in [2.05, 4.69) is 0 Å². The van der Waals surface area contributed by atoms with E-state index in [1.165, 1.54) is 10.6 Å². The van der Waals surface area contributed by atoms with Gasteiger partial charge in [-0.05, 0) is 30.0 Å². The van der Waals surface area contributed by atoms with Crippen molar-refractivity contribution in [1.82, 2.24) is 4.57 Å². The molecule has 0 saturated heterocycles. The number of benzene rings is 1. The van der Waals surface area contributed by atoms with Crippen LogP contribution in [0.3, 0.4) is 0 Å². The van der Waals surface area contributed by atoms with Gasteiger partial charge in [0.15, 0.2) is 0 Å². The van der Waals surface area contributed by atoms with E-state index in [1.54, 1.807) is 0 Å². The van der Waals surface area contributed by atoms with Gasteiger partial charge >= 0.3 is 6.18 Å². The molecule has 0 N–H and O–H groups in total. The predicted octanol–water partition coefficient (Wildman–Crippen LogP) is 5.98. The van der Waals surface area contributed by atoms with Crippen LogP contribution in [0, 0.1) is 5.41 Å². The van der Waals surface area contributed by atoms with Crippen LogP contribution in [0.4, 0.5) is 13.2 Å². The maximum absolute atomic E-state index is 13.2. The summed E-state index contributed by atoms with van der Waals surface area (Å²) in [6, 6.07) is 3.18. The number of hydrogen-bond acceptors (Lipinski definition) is 2. The highest BCUT2D eigenvalue weighted by molar-refractivity contribution is 6.17. The molecule has 2 aromatic rings. The van der Waals surface area contributed by atoms with Gasteiger partial charge in [-0.25, -0.2) is 0 Å². The van der Waals surface area contributed by atoms with Gasteiger partial charge in [0.05, 0.1) is 29.1 Å². The van der Waals surface area contributed by atoms with E-state index < -0.39 is 17.3 Å². The van der Waals surface area contributed by atoms with Gasteiger partial charge in [0.25, 0.3) is 5.56 Å². The molecule has 0 aliphatic rings. The average molecular weight is 404 g/mol. The highest BCUT2D eigenvalue weighted by atomic mass is 35.5. The summed E-state index contributed by atoms with van der Waals surface area (Å²) in [6.07, 6.45) is -2.82. The third-order valence-corrected chi connectivity index (χ3v) is 4.41. The molecular formula is C20H25ClF3NO2. The lowest BCUT2D eigenvalue weighted by atomic mass is 9.96. The third-order valence-electron chi connectivity index (χ3n) is 4.16. The van der Waals surface area contributed by atoms with Crippen LogP contribution < -0.4 is 10.3 Å². The Labute approximate surface area is 162 Å². The standard InChI is InChI=1S/C20H25ClF3NO2/c1-5-6-9-27-17-14-8-7-13(20(22,23)24)10-15(14)18(26)25(16(17)11-21)12-19(2,3)4/h7-8,10H,5-6,9,11-12H2,1-4H3. The summed E-state index contributed by atoms with van der Waals surface area (Å²) in [5, 5.41) is 0.361. The Morgan fingerprint density at radius 3 is 2.33 bits per heavy atom. The highest BCUT2D eigenvalue weighted by Gasteiger charge is 2.31. The molecule has 0 bridgehead atoms. The van der Waals surface area contributed by atoms with E-state index in [1.807, 2.05) is 27.7 Å². The van der Waals surface area contributed by atoms with Crippen LogP contribution in [0.15, 0.2) is 23.0 Å². The highest BCUT2D eigenvalue weighted by Crippen LogP contribution is 2.35. The Bertz CT molecular complexity index is 867. The number of alkyl halides is 4. The normalized spacial score (nSPS) is 12.6. The fourth-order valence-corrected chi connectivity index (χ4v) is 3.16. The number of aromatic nitrogens is 1. The van der Waals surface area contributed by atoms with Crippen LogP contribution in [-0.2, 0) is 18.6 Å². The van der Waals surface area contributed by atoms with Gasteiger partial charge in [-0.15, -0.1) is 11.6 Å². The van der Waals surface area contributed by atoms with Gasteiger partial charge in [0.2, 0.25) is 0 Å². The summed E-state index contributed by atoms with van der Waals surface area (Å²) < 4.78 is 46.8. The van der Waals surface area contributed by atoms with E-state index in [0.717, 1.165) is 25.0 Å². The molecule has 0 saturated carbocycles. The second kappa shape index (κ2) is 8.13. The number of ether oxygens (including phenoxy) is 1. The summed E-state index contributed by atoms with van der Waals surface area (Å²) >= 11 is 6.14. The molecule has 0 radical (unpaired) electrons. The Morgan fingerprint density at radius 1 is 1.15 bits per heavy atom. The maximum Gasteiger partial charge on any atom is 0.416 e. The van der Waals surface area contributed by atoms with E-state index in [4.69, 9.17) is 16.3 Å². The molecule has 1 aromatic carbocycles. The molecule has 1 aromatic heterocycles. The molecule has 0 aliphatic carbocycles. The van der Waals surface area contributed by atoms with E-state index >= 15 is 0 Å². The number of unbranched alkanes of at least 4 members (excludes halogenated alkanes) is 1. The minimum absolute atomic E-state index is 0.00515. The number of rotatable bonds is 6. The van der Waals surface area contributed by atoms with Crippen LogP contribution in [-0.4, -0.2) is 11.2 Å². The summed E-state index contributed by atoms with van der Waals surface area (Å²) in [6.45, 7) is 8.59. The van der Waals surface area contributed by atoms with Gasteiger partial charge in [-0.2, -0.15) is 13.2 Å². The van der Waals surface area contributed by atoms with E-state index in [9.17, 15) is 18.0 Å². The topological polar surface area (TPSA) is 31.2 Å². The van der Waals surface area contributed by atoms with Gasteiger partial charge in [0, 0.05) is 11.9 Å². The number of fused-ring (bicyclic) bond motifs is 1. The van der Waals surface area contributed by atoms with Crippen LogP contribution in [0.1, 0.15) is 51.8 Å². The summed E-state index contributed by atoms with van der Waals surface area (Å²) in [5.41, 5.74) is -1.10. The van der Waals surface area contributed by atoms with Crippen molar-refractivity contribution in [2.75, 3.05) is 6.61 Å². The number of hydrogen-bond donors (Lipinski definition) is 0. The molecule has 0 amide bonds. The van der Waals surface area contributed by atoms with Crippen LogP contribution in [0.5, 0.6) is 5.75 Å². The molecule has 150 valence electrons. The number of nitrogens with zero attached hydrogens (tertiary/aromatic N) is 1. The first-order valence-corrected chi connectivity index (χ1v) is 9.48. The van der Waals surface area contributed by atoms with Crippen molar-refractivity contribution in [3.8, 4) is 5.75 Å². The first kappa shape index (κ1) is 21.6. The lowest BCUT2D eigenvalue weighted by molar-refractivity contribution is -0.137. The molecule has 27 heavy (non-hydrogen) atoms. The maximum atomic E-state index is 13.2. The fraction of sp³-hybridized carbons (Fsp3) is 0.550. The van der Waals surface area contributed by atoms with Crippen LogP contribution >= 0.6 is 11.6 Å². The Hall–Kier alpha value is -1.69. The Kier molecular flexibility index (Phi) is 6.51. The summed E-state index contributed by atoms with van der Waals surface area (Å²) in [4.78, 5) is 13.0. The molecule has 2 rings (SSSR count). The first-order chi connectivity index (χ1) is 12.5. The average Bonchev–Trinajstić information content (AvgIpc) is 2.56. The zero-order valence-electron chi connectivity index (χ0n) is 16.0. The van der Waals surface area contributed by atoms with Crippen molar-refractivity contribution in [3.63, 3.8) is 0 Å². The first-order valence-electron chi connectivity index (χ1n) is 8.95. The van der Waals surface area contributed by atoms with Crippen molar-refractivity contribution >= 4 is 22.4 Å². The predicted molar refractivity (Wildman–Crippen MR) is 103 cm³/mol. The lowest BCUT2D eigenvalue weighted by Gasteiger charge is -2.25. The SMILES string of the molecule is CCCCOc1c(CCl)n(CC(C)(C)C)c(=O)c2cc(C(F)(F)F)ccc12. The molecule has 7 heteroatoms. The van der Waals surface area contributed by atoms with Crippen molar-refractivity contribution in [1.29, 1.82) is 0 Å². The minimum Gasteiger partial charge on any atom is -0.491 e. The van der Waals surface area contributed by atoms with Crippen molar-refractivity contribution in [2.45, 2.75) is 59.1 Å². The minimum atomic E-state index is -4.52. The fourth-order valence-electron chi connectivity index (χ4n) is 2.90.